The van der Waals surface area contributed by atoms with Crippen LogP contribution >= 0.6 is 0 Å². The molecule has 1 aromatic rings. The van der Waals surface area contributed by atoms with E-state index in [2.05, 4.69) is 26.2 Å². The Labute approximate surface area is 90.6 Å². The Morgan fingerprint density at radius 3 is 2.53 bits per heavy atom. The zero-order valence-corrected chi connectivity index (χ0v) is 9.60. The highest BCUT2D eigenvalue weighted by Crippen LogP contribution is 2.28. The predicted octanol–water partition coefficient (Wildman–Crippen LogP) is 3.19. The molecule has 1 rings (SSSR count). The van der Waals surface area contributed by atoms with Gasteiger partial charge < -0.3 is 5.43 Å². The zero-order valence-electron chi connectivity index (χ0n) is 9.60. The first-order valence-electron chi connectivity index (χ1n) is 5.39. The molecule has 3 heteroatoms. The molecule has 15 heavy (non-hydrogen) atoms. The molecule has 2 nitrogen and oxygen atoms in total. The second-order valence-electron chi connectivity index (χ2n) is 4.07. The van der Waals surface area contributed by atoms with Crippen molar-refractivity contribution in [1.29, 1.82) is 0 Å². The van der Waals surface area contributed by atoms with E-state index in [4.69, 9.17) is 5.84 Å². The molecule has 0 aromatic heterocycles. The lowest BCUT2D eigenvalue weighted by Gasteiger charge is -2.16. The standard InChI is InChI=1S/C12H19FN2/c1-4-5-10-11(8(2)3)6-9(13)7-12(10)15-14/h6-8,15H,4-5,14H2,1-3H3. The maximum atomic E-state index is 13.3. The molecular formula is C12H19FN2. The molecule has 0 spiro atoms. The number of nitrogens with two attached hydrogens (primary N) is 1. The maximum Gasteiger partial charge on any atom is 0.125 e. The molecule has 0 saturated heterocycles. The van der Waals surface area contributed by atoms with Gasteiger partial charge in [-0.25, -0.2) is 4.39 Å². The van der Waals surface area contributed by atoms with Crippen LogP contribution in [0.4, 0.5) is 10.1 Å². The molecule has 0 aliphatic rings. The normalized spacial score (nSPS) is 10.8. The van der Waals surface area contributed by atoms with Crippen LogP contribution in [0.2, 0.25) is 0 Å². The van der Waals surface area contributed by atoms with Gasteiger partial charge in [0, 0.05) is 0 Å². The van der Waals surface area contributed by atoms with E-state index < -0.39 is 0 Å². The predicted molar refractivity (Wildman–Crippen MR) is 62.3 cm³/mol. The van der Waals surface area contributed by atoms with Crippen LogP contribution in [0, 0.1) is 5.82 Å². The first-order chi connectivity index (χ1) is 7.10. The summed E-state index contributed by atoms with van der Waals surface area (Å²) in [6.45, 7) is 6.23. The van der Waals surface area contributed by atoms with E-state index in [1.165, 1.54) is 6.07 Å². The van der Waals surface area contributed by atoms with E-state index >= 15 is 0 Å². The smallest absolute Gasteiger partial charge is 0.125 e. The van der Waals surface area contributed by atoms with Crippen LogP contribution in [0.3, 0.4) is 0 Å². The third-order valence-electron chi connectivity index (χ3n) is 2.53. The molecule has 0 atom stereocenters. The minimum atomic E-state index is -0.230. The van der Waals surface area contributed by atoms with Crippen molar-refractivity contribution < 1.29 is 4.39 Å². The van der Waals surface area contributed by atoms with E-state index in [1.807, 2.05) is 0 Å². The van der Waals surface area contributed by atoms with Crippen LogP contribution < -0.4 is 11.3 Å². The van der Waals surface area contributed by atoms with Crippen molar-refractivity contribution in [3.05, 3.63) is 29.1 Å². The summed E-state index contributed by atoms with van der Waals surface area (Å²) >= 11 is 0. The van der Waals surface area contributed by atoms with Gasteiger partial charge >= 0.3 is 0 Å². The first kappa shape index (κ1) is 12.0. The van der Waals surface area contributed by atoms with Crippen LogP contribution in [-0.4, -0.2) is 0 Å². The topological polar surface area (TPSA) is 38.0 Å². The summed E-state index contributed by atoms with van der Waals surface area (Å²) in [7, 11) is 0. The van der Waals surface area contributed by atoms with E-state index in [-0.39, 0.29) is 5.82 Å². The summed E-state index contributed by atoms with van der Waals surface area (Å²) in [5.74, 6) is 5.49. The Kier molecular flexibility index (Phi) is 4.09. The third-order valence-corrected chi connectivity index (χ3v) is 2.53. The van der Waals surface area contributed by atoms with Crippen molar-refractivity contribution in [2.24, 2.45) is 5.84 Å². The molecule has 0 aliphatic heterocycles. The first-order valence-corrected chi connectivity index (χ1v) is 5.39. The molecule has 3 N–H and O–H groups in total. The summed E-state index contributed by atoms with van der Waals surface area (Å²) in [4.78, 5) is 0. The second kappa shape index (κ2) is 5.12. The molecule has 0 saturated carbocycles. The summed E-state index contributed by atoms with van der Waals surface area (Å²) in [6.07, 6.45) is 1.95. The third kappa shape index (κ3) is 2.69. The molecule has 0 amide bonds. The van der Waals surface area contributed by atoms with Crippen LogP contribution in [-0.2, 0) is 6.42 Å². The van der Waals surface area contributed by atoms with Gasteiger partial charge in [-0.05, 0) is 35.6 Å². The van der Waals surface area contributed by atoms with Gasteiger partial charge in [-0.2, -0.15) is 0 Å². The number of hydrogen-bond acceptors (Lipinski definition) is 2. The highest BCUT2D eigenvalue weighted by molar-refractivity contribution is 5.55. The van der Waals surface area contributed by atoms with E-state index in [0.717, 1.165) is 24.0 Å². The van der Waals surface area contributed by atoms with Gasteiger partial charge in [-0.1, -0.05) is 27.2 Å². The highest BCUT2D eigenvalue weighted by atomic mass is 19.1. The quantitative estimate of drug-likeness (QED) is 0.591. The molecule has 0 aliphatic carbocycles. The van der Waals surface area contributed by atoms with Crippen molar-refractivity contribution >= 4 is 5.69 Å². The van der Waals surface area contributed by atoms with E-state index in [1.54, 1.807) is 6.07 Å². The van der Waals surface area contributed by atoms with Crippen molar-refractivity contribution in [1.82, 2.24) is 0 Å². The number of halogens is 1. The van der Waals surface area contributed by atoms with E-state index in [0.29, 0.717) is 11.6 Å². The maximum absolute atomic E-state index is 13.3. The van der Waals surface area contributed by atoms with Gasteiger partial charge in [0.2, 0.25) is 0 Å². The largest absolute Gasteiger partial charge is 0.324 e. The molecule has 0 fully saturated rings. The van der Waals surface area contributed by atoms with Crippen LogP contribution in [0.5, 0.6) is 0 Å². The van der Waals surface area contributed by atoms with Gasteiger partial charge in [-0.3, -0.25) is 5.84 Å². The van der Waals surface area contributed by atoms with E-state index in [9.17, 15) is 4.39 Å². The molecule has 84 valence electrons. The summed E-state index contributed by atoms with van der Waals surface area (Å²) in [6, 6.07) is 3.06. The number of hydrazine groups is 1. The van der Waals surface area contributed by atoms with Crippen molar-refractivity contribution in [2.45, 2.75) is 39.5 Å². The molecule has 1 aromatic carbocycles. The fraction of sp³-hybridized carbons (Fsp3) is 0.500. The molecule has 0 unspecified atom stereocenters. The number of nitrogens with one attached hydrogen (secondary N) is 1. The highest BCUT2D eigenvalue weighted by Gasteiger charge is 2.12. The average Bonchev–Trinajstić information content (AvgIpc) is 2.19. The van der Waals surface area contributed by atoms with Crippen molar-refractivity contribution in [3.8, 4) is 0 Å². The minimum Gasteiger partial charge on any atom is -0.324 e. The Hall–Kier alpha value is -1.09. The van der Waals surface area contributed by atoms with Gasteiger partial charge in [0.1, 0.15) is 5.82 Å². The lowest BCUT2D eigenvalue weighted by Crippen LogP contribution is -2.12. The molecule has 0 radical (unpaired) electrons. The van der Waals surface area contributed by atoms with Crippen LogP contribution in [0.15, 0.2) is 12.1 Å². The van der Waals surface area contributed by atoms with Gasteiger partial charge in [0.05, 0.1) is 5.69 Å². The number of nitrogen functional groups attached to an aromatic ring is 1. The SMILES string of the molecule is CCCc1c(NN)cc(F)cc1C(C)C. The monoisotopic (exact) mass is 210 g/mol. The molecular weight excluding hydrogens is 191 g/mol. The Bertz CT molecular complexity index is 335. The van der Waals surface area contributed by atoms with Crippen molar-refractivity contribution in [2.75, 3.05) is 5.43 Å². The average molecular weight is 210 g/mol. The van der Waals surface area contributed by atoms with Gasteiger partial charge in [-0.15, -0.1) is 0 Å². The van der Waals surface area contributed by atoms with Crippen molar-refractivity contribution in [3.63, 3.8) is 0 Å². The van der Waals surface area contributed by atoms with Crippen LogP contribution in [0.1, 0.15) is 44.2 Å². The fourth-order valence-corrected chi connectivity index (χ4v) is 1.83. The lowest BCUT2D eigenvalue weighted by molar-refractivity contribution is 0.621. The minimum absolute atomic E-state index is 0.230. The molecule has 0 heterocycles. The fourth-order valence-electron chi connectivity index (χ4n) is 1.83. The second-order valence-corrected chi connectivity index (χ2v) is 4.07. The Balaban J connectivity index is 3.26. The van der Waals surface area contributed by atoms with Crippen LogP contribution in [0.25, 0.3) is 0 Å². The number of benzene rings is 1. The van der Waals surface area contributed by atoms with Gasteiger partial charge in [0.15, 0.2) is 0 Å². The lowest BCUT2D eigenvalue weighted by atomic mass is 9.93. The Morgan fingerprint density at radius 2 is 2.07 bits per heavy atom. The zero-order chi connectivity index (χ0) is 11.4. The number of rotatable bonds is 4. The molecule has 0 bridgehead atoms. The summed E-state index contributed by atoms with van der Waals surface area (Å²) in [5.41, 5.74) is 5.47. The number of anilines is 1. The summed E-state index contributed by atoms with van der Waals surface area (Å²) in [5, 5.41) is 0. The Morgan fingerprint density at radius 1 is 1.40 bits per heavy atom. The summed E-state index contributed by atoms with van der Waals surface area (Å²) < 4.78 is 13.3. The number of hydrogen-bond donors (Lipinski definition) is 2. The van der Waals surface area contributed by atoms with Gasteiger partial charge in [0.25, 0.3) is 0 Å².